The predicted octanol–water partition coefficient (Wildman–Crippen LogP) is 3.61. The van der Waals surface area contributed by atoms with Gasteiger partial charge in [0.05, 0.1) is 12.6 Å². The third-order valence-electron chi connectivity index (χ3n) is 4.62. The second-order valence-electron chi connectivity index (χ2n) is 6.38. The first-order valence-corrected chi connectivity index (χ1v) is 8.74. The monoisotopic (exact) mass is 353 g/mol. The van der Waals surface area contributed by atoms with E-state index in [1.807, 2.05) is 66.7 Å². The van der Waals surface area contributed by atoms with Gasteiger partial charge in [-0.05, 0) is 35.8 Å². The Kier molecular flexibility index (Phi) is 5.92. The van der Waals surface area contributed by atoms with Crippen LogP contribution in [0.5, 0.6) is 5.75 Å². The second kappa shape index (κ2) is 8.54. The molecule has 2 N–H and O–H groups in total. The van der Waals surface area contributed by atoms with Gasteiger partial charge in [-0.1, -0.05) is 48.5 Å². The lowest BCUT2D eigenvalue weighted by atomic mass is 9.87. The third kappa shape index (κ3) is 4.64. The van der Waals surface area contributed by atoms with Gasteiger partial charge in [0.1, 0.15) is 12.4 Å². The van der Waals surface area contributed by atoms with E-state index in [-0.39, 0.29) is 12.5 Å². The number of β-amino-alcohol motifs (C(OH)–C–C–N with tert-alkyl or cyclic N) is 1. The van der Waals surface area contributed by atoms with Crippen molar-refractivity contribution in [3.05, 3.63) is 71.8 Å². The summed E-state index contributed by atoms with van der Waals surface area (Å²) in [6.45, 7) is 1.08. The van der Waals surface area contributed by atoms with Crippen LogP contribution in [0.25, 0.3) is 6.08 Å². The minimum absolute atomic E-state index is 0.0439. The van der Waals surface area contributed by atoms with Crippen LogP contribution < -0.4 is 4.74 Å². The zero-order valence-electron chi connectivity index (χ0n) is 14.5. The molecule has 1 aliphatic heterocycles. The highest BCUT2D eigenvalue weighted by Gasteiger charge is 2.30. The first kappa shape index (κ1) is 18.0. The van der Waals surface area contributed by atoms with E-state index in [4.69, 9.17) is 9.84 Å². The van der Waals surface area contributed by atoms with E-state index in [0.29, 0.717) is 19.6 Å². The first-order valence-electron chi connectivity index (χ1n) is 8.74. The maximum atomic E-state index is 11.0. The van der Waals surface area contributed by atoms with E-state index in [0.717, 1.165) is 16.9 Å². The van der Waals surface area contributed by atoms with Crippen molar-refractivity contribution >= 4 is 12.2 Å². The van der Waals surface area contributed by atoms with Crippen LogP contribution in [-0.2, 0) is 0 Å². The summed E-state index contributed by atoms with van der Waals surface area (Å²) < 4.78 is 5.71. The standard InChI is InChI=1S/C21H23NO4/c23-20-15-22(21(24)25)13-12-19(20)17-8-10-18(11-9-17)26-14-4-7-16-5-2-1-3-6-16/h1-11,19-20,23H,12-15H2,(H,24,25). The summed E-state index contributed by atoms with van der Waals surface area (Å²) in [6, 6.07) is 17.7. The molecule has 2 atom stereocenters. The Bertz CT molecular complexity index is 742. The van der Waals surface area contributed by atoms with Crippen molar-refractivity contribution < 1.29 is 19.7 Å². The quantitative estimate of drug-likeness (QED) is 0.861. The number of hydrogen-bond donors (Lipinski definition) is 2. The van der Waals surface area contributed by atoms with E-state index in [1.165, 1.54) is 4.90 Å². The Labute approximate surface area is 153 Å². The fourth-order valence-corrected chi connectivity index (χ4v) is 3.20. The molecule has 0 radical (unpaired) electrons. The van der Waals surface area contributed by atoms with Crippen LogP contribution in [0, 0.1) is 0 Å². The van der Waals surface area contributed by atoms with Crippen LogP contribution >= 0.6 is 0 Å². The van der Waals surface area contributed by atoms with E-state index >= 15 is 0 Å². The molecule has 2 aromatic rings. The normalized spacial score (nSPS) is 20.3. The fraction of sp³-hybridized carbons (Fsp3) is 0.286. The van der Waals surface area contributed by atoms with Crippen molar-refractivity contribution in [1.29, 1.82) is 0 Å². The molecule has 5 nitrogen and oxygen atoms in total. The van der Waals surface area contributed by atoms with Gasteiger partial charge in [-0.25, -0.2) is 4.79 Å². The number of ether oxygens (including phenoxy) is 1. The molecule has 1 amide bonds. The smallest absolute Gasteiger partial charge is 0.407 e. The lowest BCUT2D eigenvalue weighted by molar-refractivity contribution is 0.0504. The zero-order valence-corrected chi connectivity index (χ0v) is 14.5. The van der Waals surface area contributed by atoms with Crippen molar-refractivity contribution in [3.8, 4) is 5.75 Å². The van der Waals surface area contributed by atoms with Gasteiger partial charge in [0.15, 0.2) is 0 Å². The Morgan fingerprint density at radius 1 is 1.15 bits per heavy atom. The van der Waals surface area contributed by atoms with Crippen molar-refractivity contribution in [2.24, 2.45) is 0 Å². The van der Waals surface area contributed by atoms with E-state index in [2.05, 4.69) is 0 Å². The predicted molar refractivity (Wildman–Crippen MR) is 100 cm³/mol. The lowest BCUT2D eigenvalue weighted by Crippen LogP contribution is -2.45. The summed E-state index contributed by atoms with van der Waals surface area (Å²) in [6.07, 6.45) is 2.94. The molecule has 1 heterocycles. The number of rotatable bonds is 5. The second-order valence-corrected chi connectivity index (χ2v) is 6.38. The maximum absolute atomic E-state index is 11.0. The number of carboxylic acid groups (broad SMARTS) is 1. The van der Waals surface area contributed by atoms with E-state index in [9.17, 15) is 9.90 Å². The number of aliphatic hydroxyl groups excluding tert-OH is 1. The Morgan fingerprint density at radius 3 is 2.54 bits per heavy atom. The fourth-order valence-electron chi connectivity index (χ4n) is 3.20. The summed E-state index contributed by atoms with van der Waals surface area (Å²) >= 11 is 0. The molecule has 2 aromatic carbocycles. The topological polar surface area (TPSA) is 70.0 Å². The molecular weight excluding hydrogens is 330 g/mol. The number of amides is 1. The molecule has 136 valence electrons. The number of benzene rings is 2. The molecule has 1 saturated heterocycles. The first-order chi connectivity index (χ1) is 12.6. The molecule has 0 spiro atoms. The van der Waals surface area contributed by atoms with Gasteiger partial charge in [0.25, 0.3) is 0 Å². The Hall–Kier alpha value is -2.79. The molecule has 2 unspecified atom stereocenters. The van der Waals surface area contributed by atoms with Crippen LogP contribution in [0.1, 0.15) is 23.5 Å². The molecule has 1 fully saturated rings. The van der Waals surface area contributed by atoms with Crippen molar-refractivity contribution in [1.82, 2.24) is 4.90 Å². The zero-order chi connectivity index (χ0) is 18.4. The molecular formula is C21H23NO4. The number of hydrogen-bond acceptors (Lipinski definition) is 3. The van der Waals surface area contributed by atoms with Crippen molar-refractivity contribution in [2.45, 2.75) is 18.4 Å². The average molecular weight is 353 g/mol. The van der Waals surface area contributed by atoms with Crippen LogP contribution in [0.2, 0.25) is 0 Å². The molecule has 0 aliphatic carbocycles. The van der Waals surface area contributed by atoms with Gasteiger partial charge >= 0.3 is 6.09 Å². The van der Waals surface area contributed by atoms with Crippen LogP contribution in [0.3, 0.4) is 0 Å². The number of aliphatic hydroxyl groups is 1. The average Bonchev–Trinajstić information content (AvgIpc) is 2.66. The van der Waals surface area contributed by atoms with Gasteiger partial charge in [0.2, 0.25) is 0 Å². The maximum Gasteiger partial charge on any atom is 0.407 e. The van der Waals surface area contributed by atoms with E-state index in [1.54, 1.807) is 0 Å². The highest BCUT2D eigenvalue weighted by Crippen LogP contribution is 2.29. The van der Waals surface area contributed by atoms with Gasteiger partial charge in [-0.15, -0.1) is 0 Å². The van der Waals surface area contributed by atoms with Crippen molar-refractivity contribution in [3.63, 3.8) is 0 Å². The number of carbonyl (C=O) groups is 1. The number of nitrogens with zero attached hydrogens (tertiary/aromatic N) is 1. The molecule has 0 aromatic heterocycles. The van der Waals surface area contributed by atoms with Crippen LogP contribution in [-0.4, -0.2) is 47.0 Å². The lowest BCUT2D eigenvalue weighted by Gasteiger charge is -2.34. The third-order valence-corrected chi connectivity index (χ3v) is 4.62. The highest BCUT2D eigenvalue weighted by atomic mass is 16.5. The molecule has 0 saturated carbocycles. The summed E-state index contributed by atoms with van der Waals surface area (Å²) in [4.78, 5) is 12.3. The summed E-state index contributed by atoms with van der Waals surface area (Å²) in [5.74, 6) is 0.724. The summed E-state index contributed by atoms with van der Waals surface area (Å²) in [7, 11) is 0. The summed E-state index contributed by atoms with van der Waals surface area (Å²) in [5, 5.41) is 19.3. The van der Waals surface area contributed by atoms with Crippen LogP contribution in [0.4, 0.5) is 4.79 Å². The molecule has 3 rings (SSSR count). The van der Waals surface area contributed by atoms with Crippen LogP contribution in [0.15, 0.2) is 60.7 Å². The number of piperidine rings is 1. The molecule has 0 bridgehead atoms. The Morgan fingerprint density at radius 2 is 1.88 bits per heavy atom. The van der Waals surface area contributed by atoms with E-state index < -0.39 is 12.2 Å². The molecule has 26 heavy (non-hydrogen) atoms. The largest absolute Gasteiger partial charge is 0.490 e. The highest BCUT2D eigenvalue weighted by molar-refractivity contribution is 5.65. The van der Waals surface area contributed by atoms with Gasteiger partial charge in [-0.2, -0.15) is 0 Å². The van der Waals surface area contributed by atoms with Gasteiger partial charge in [-0.3, -0.25) is 0 Å². The van der Waals surface area contributed by atoms with Gasteiger partial charge < -0.3 is 19.8 Å². The minimum Gasteiger partial charge on any atom is -0.490 e. The molecule has 1 aliphatic rings. The Balaban J connectivity index is 1.52. The summed E-state index contributed by atoms with van der Waals surface area (Å²) in [5.41, 5.74) is 2.14. The van der Waals surface area contributed by atoms with Crippen molar-refractivity contribution in [2.75, 3.05) is 19.7 Å². The van der Waals surface area contributed by atoms with Gasteiger partial charge in [0, 0.05) is 12.5 Å². The molecule has 5 heteroatoms. The SMILES string of the molecule is O=C(O)N1CCC(c2ccc(OCC=Cc3ccccc3)cc2)C(O)C1. The number of likely N-dealkylation sites (tertiary alicyclic amines) is 1. The minimum atomic E-state index is -0.977.